The monoisotopic (exact) mass is 663 g/mol. The molecule has 0 heterocycles. The van der Waals surface area contributed by atoms with Gasteiger partial charge in [-0.3, -0.25) is 14.4 Å². The minimum Gasteiger partial charge on any atom is -0.325 e. The van der Waals surface area contributed by atoms with Crippen LogP contribution in [0.4, 0.5) is 11.4 Å². The Morgan fingerprint density at radius 1 is 0.795 bits per heavy atom. The highest BCUT2D eigenvalue weighted by Gasteiger charge is 2.20. The van der Waals surface area contributed by atoms with Gasteiger partial charge in [-0.05, 0) is 72.0 Å². The van der Waals surface area contributed by atoms with Gasteiger partial charge in [-0.2, -0.15) is 0 Å². The number of hydrogen-bond acceptors (Lipinski definition) is 4. The van der Waals surface area contributed by atoms with Crippen LogP contribution in [0.3, 0.4) is 0 Å². The molecule has 5 aromatic rings. The molecule has 0 spiro atoms. The van der Waals surface area contributed by atoms with E-state index in [0.29, 0.717) is 17.7 Å². The number of thioether (sulfide) groups is 1. The van der Waals surface area contributed by atoms with Crippen LogP contribution in [-0.4, -0.2) is 23.0 Å². The van der Waals surface area contributed by atoms with Crippen molar-refractivity contribution >= 4 is 73.6 Å². The zero-order valence-electron chi connectivity index (χ0n) is 23.9. The molecule has 1 atom stereocenters. The number of halogens is 1. The maximum Gasteiger partial charge on any atom is 0.272 e. The smallest absolute Gasteiger partial charge is 0.272 e. The summed E-state index contributed by atoms with van der Waals surface area (Å²) >= 11 is 4.89. The molecule has 1 unspecified atom stereocenters. The van der Waals surface area contributed by atoms with Gasteiger partial charge >= 0.3 is 0 Å². The minimum atomic E-state index is -0.475. The van der Waals surface area contributed by atoms with Crippen molar-refractivity contribution in [2.75, 3.05) is 10.6 Å². The molecule has 8 heteroatoms. The number of carbonyl (C=O) groups is 3. The molecular formula is C36H30BrN3O3S. The Bertz CT molecular complexity index is 1840. The van der Waals surface area contributed by atoms with Crippen molar-refractivity contribution < 1.29 is 14.4 Å². The van der Waals surface area contributed by atoms with Gasteiger partial charge in [0.25, 0.3) is 11.8 Å². The number of nitrogens with one attached hydrogen (secondary N) is 3. The molecule has 0 saturated heterocycles. The zero-order valence-corrected chi connectivity index (χ0v) is 26.3. The fourth-order valence-corrected chi connectivity index (χ4v) is 6.02. The molecule has 0 aliphatic heterocycles. The van der Waals surface area contributed by atoms with Gasteiger partial charge in [0.15, 0.2) is 0 Å². The maximum atomic E-state index is 13.5. The van der Waals surface area contributed by atoms with Crippen molar-refractivity contribution in [1.29, 1.82) is 0 Å². The van der Waals surface area contributed by atoms with E-state index in [1.807, 2.05) is 97.9 Å². The number of carbonyl (C=O) groups excluding carboxylic acids is 3. The van der Waals surface area contributed by atoms with Gasteiger partial charge < -0.3 is 16.0 Å². The number of amides is 3. The predicted molar refractivity (Wildman–Crippen MR) is 184 cm³/mol. The summed E-state index contributed by atoms with van der Waals surface area (Å²) in [5, 5.41) is 10.5. The Labute approximate surface area is 269 Å². The molecule has 220 valence electrons. The summed E-state index contributed by atoms with van der Waals surface area (Å²) in [7, 11) is 0. The first-order chi connectivity index (χ1) is 21.4. The van der Waals surface area contributed by atoms with Crippen LogP contribution in [-0.2, 0) is 9.59 Å². The fraction of sp³-hybridized carbons (Fsp3) is 0.0833. The average molecular weight is 665 g/mol. The van der Waals surface area contributed by atoms with Gasteiger partial charge in [-0.1, -0.05) is 95.7 Å². The van der Waals surface area contributed by atoms with E-state index in [9.17, 15) is 14.4 Å². The van der Waals surface area contributed by atoms with Crippen molar-refractivity contribution in [3.8, 4) is 0 Å². The lowest BCUT2D eigenvalue weighted by Crippen LogP contribution is -2.30. The summed E-state index contributed by atoms with van der Waals surface area (Å²) in [6, 6.07) is 37.3. The molecule has 6 nitrogen and oxygen atoms in total. The molecule has 3 amide bonds. The first-order valence-corrected chi connectivity index (χ1v) is 15.8. The largest absolute Gasteiger partial charge is 0.325 e. The summed E-state index contributed by atoms with van der Waals surface area (Å²) in [6.45, 7) is 1.97. The van der Waals surface area contributed by atoms with Gasteiger partial charge in [-0.15, -0.1) is 11.8 Å². The number of hydrogen-bond donors (Lipinski definition) is 3. The van der Waals surface area contributed by atoms with E-state index >= 15 is 0 Å². The second-order valence-corrected chi connectivity index (χ2v) is 12.1. The number of fused-ring (bicyclic) bond motifs is 1. The second-order valence-electron chi connectivity index (χ2n) is 9.95. The van der Waals surface area contributed by atoms with E-state index < -0.39 is 11.8 Å². The molecule has 44 heavy (non-hydrogen) atoms. The molecule has 0 radical (unpaired) electrons. The molecule has 0 bridgehead atoms. The molecule has 5 rings (SSSR count). The third-order valence-electron chi connectivity index (χ3n) is 6.77. The van der Waals surface area contributed by atoms with Crippen LogP contribution in [0.5, 0.6) is 0 Å². The van der Waals surface area contributed by atoms with E-state index in [4.69, 9.17) is 0 Å². The molecule has 3 N–H and O–H groups in total. The molecule has 0 fully saturated rings. The Kier molecular flexibility index (Phi) is 10.3. The van der Waals surface area contributed by atoms with Crippen LogP contribution >= 0.6 is 27.7 Å². The molecule has 0 saturated carbocycles. The van der Waals surface area contributed by atoms with Gasteiger partial charge in [0.2, 0.25) is 5.91 Å². The van der Waals surface area contributed by atoms with Crippen LogP contribution in [0.1, 0.15) is 29.3 Å². The highest BCUT2D eigenvalue weighted by Crippen LogP contribution is 2.30. The Hall–Kier alpha value is -4.66. The molecule has 5 aromatic carbocycles. The van der Waals surface area contributed by atoms with Crippen molar-refractivity contribution in [1.82, 2.24) is 5.32 Å². The summed E-state index contributed by atoms with van der Waals surface area (Å²) in [5.41, 5.74) is 2.58. The zero-order chi connectivity index (χ0) is 30.9. The van der Waals surface area contributed by atoms with E-state index in [-0.39, 0.29) is 16.9 Å². The summed E-state index contributed by atoms with van der Waals surface area (Å²) in [5.74, 6) is -0.961. The Balaban J connectivity index is 1.31. The average Bonchev–Trinajstić information content (AvgIpc) is 3.04. The number of anilines is 2. The summed E-state index contributed by atoms with van der Waals surface area (Å²) in [4.78, 5) is 40.6. The lowest BCUT2D eigenvalue weighted by atomic mass is 10.1. The molecule has 0 aliphatic carbocycles. The highest BCUT2D eigenvalue weighted by molar-refractivity contribution is 9.10. The Morgan fingerprint density at radius 2 is 1.52 bits per heavy atom. The third-order valence-corrected chi connectivity index (χ3v) is 8.62. The van der Waals surface area contributed by atoms with Gasteiger partial charge in [-0.25, -0.2) is 0 Å². The first-order valence-electron chi connectivity index (χ1n) is 14.1. The fourth-order valence-electron chi connectivity index (χ4n) is 4.59. The molecule has 0 aromatic heterocycles. The highest BCUT2D eigenvalue weighted by atomic mass is 79.9. The summed E-state index contributed by atoms with van der Waals surface area (Å²) < 4.78 is 0.847. The van der Waals surface area contributed by atoms with Gasteiger partial charge in [0.05, 0.1) is 5.25 Å². The van der Waals surface area contributed by atoms with Crippen molar-refractivity contribution in [3.63, 3.8) is 0 Å². The molecule has 0 aliphatic rings. The number of rotatable bonds is 10. The van der Waals surface area contributed by atoms with Gasteiger partial charge in [0, 0.05) is 31.7 Å². The second kappa shape index (κ2) is 14.7. The molecular weight excluding hydrogens is 634 g/mol. The maximum absolute atomic E-state index is 13.5. The quantitative estimate of drug-likeness (QED) is 0.103. The van der Waals surface area contributed by atoms with Crippen molar-refractivity contribution in [3.05, 3.63) is 143 Å². The first kappa shape index (κ1) is 30.8. The summed E-state index contributed by atoms with van der Waals surface area (Å²) in [6.07, 6.45) is 2.24. The van der Waals surface area contributed by atoms with Crippen LogP contribution in [0.25, 0.3) is 16.8 Å². The van der Waals surface area contributed by atoms with Crippen LogP contribution < -0.4 is 16.0 Å². The number of benzene rings is 5. The third kappa shape index (κ3) is 8.03. The van der Waals surface area contributed by atoms with E-state index in [1.54, 1.807) is 36.4 Å². The van der Waals surface area contributed by atoms with Crippen LogP contribution in [0.15, 0.2) is 136 Å². The van der Waals surface area contributed by atoms with Crippen LogP contribution in [0.2, 0.25) is 0 Å². The van der Waals surface area contributed by atoms with E-state index in [1.165, 1.54) is 11.8 Å². The van der Waals surface area contributed by atoms with E-state index in [0.717, 1.165) is 31.4 Å². The van der Waals surface area contributed by atoms with Gasteiger partial charge in [0.1, 0.15) is 5.70 Å². The lowest BCUT2D eigenvalue weighted by Gasteiger charge is -2.17. The van der Waals surface area contributed by atoms with E-state index in [2.05, 4.69) is 31.9 Å². The normalized spacial score (nSPS) is 11.9. The lowest BCUT2D eigenvalue weighted by molar-refractivity contribution is -0.116. The van der Waals surface area contributed by atoms with Crippen molar-refractivity contribution in [2.24, 2.45) is 0 Å². The minimum absolute atomic E-state index is 0.0915. The van der Waals surface area contributed by atoms with Crippen LogP contribution in [0, 0.1) is 0 Å². The SMILES string of the molecule is CCC(Sc1cccc(NC(=O)/C(=C\c2cccc(Br)c2)NC(=O)c2ccccc2)c1)C(=O)Nc1cccc2ccccc12. The standard InChI is InChI=1S/C36H30BrN3O3S/c1-2-33(36(43)39-31-20-9-15-25-12-6-7-19-30(25)31)44-29-18-10-17-28(23-29)38-35(42)32(22-24-11-8-16-27(37)21-24)40-34(41)26-13-4-3-5-14-26/h3-23,33H,2H2,1H3,(H,38,42)(H,39,43)(H,40,41)/b32-22+. The predicted octanol–water partition coefficient (Wildman–Crippen LogP) is 8.52. The van der Waals surface area contributed by atoms with Crippen molar-refractivity contribution in [2.45, 2.75) is 23.5 Å². The topological polar surface area (TPSA) is 87.3 Å². The Morgan fingerprint density at radius 3 is 2.32 bits per heavy atom.